The second-order valence-electron chi connectivity index (χ2n) is 8.12. The van der Waals surface area contributed by atoms with Gasteiger partial charge >= 0.3 is 0 Å². The summed E-state index contributed by atoms with van der Waals surface area (Å²) in [4.78, 5) is 22.4. The molecule has 31 heavy (non-hydrogen) atoms. The van der Waals surface area contributed by atoms with Gasteiger partial charge in [0.1, 0.15) is 0 Å². The van der Waals surface area contributed by atoms with Crippen molar-refractivity contribution in [2.75, 3.05) is 0 Å². The molecule has 0 aliphatic rings. The number of nitrogens with one attached hydrogen (secondary N) is 1. The van der Waals surface area contributed by atoms with E-state index in [4.69, 9.17) is 4.98 Å². The van der Waals surface area contributed by atoms with Crippen molar-refractivity contribution in [3.8, 4) is 11.3 Å². The average Bonchev–Trinajstić information content (AvgIpc) is 3.00. The Bertz CT molecular complexity index is 1260. The van der Waals surface area contributed by atoms with Crippen LogP contribution in [0.3, 0.4) is 0 Å². The summed E-state index contributed by atoms with van der Waals surface area (Å²) in [7, 11) is 1.94. The summed E-state index contributed by atoms with van der Waals surface area (Å²) in [5.41, 5.74) is 7.43. The number of hydrogen-bond donors (Lipinski definition) is 1. The van der Waals surface area contributed by atoms with Crippen molar-refractivity contribution < 1.29 is 4.79 Å². The van der Waals surface area contributed by atoms with Crippen LogP contribution in [-0.4, -0.2) is 31.7 Å². The lowest BCUT2D eigenvalue weighted by atomic mass is 10.0. The maximum Gasteiger partial charge on any atom is 0.252 e. The van der Waals surface area contributed by atoms with Gasteiger partial charge < -0.3 is 5.32 Å². The molecule has 1 atom stereocenters. The van der Waals surface area contributed by atoms with Gasteiger partial charge in [0.25, 0.3) is 5.91 Å². The lowest BCUT2D eigenvalue weighted by Gasteiger charge is -2.16. The molecular formula is C25H27N5O. The van der Waals surface area contributed by atoms with Crippen LogP contribution in [0.25, 0.3) is 22.2 Å². The zero-order chi connectivity index (χ0) is 22.1. The fraction of sp³-hybridized carbons (Fsp3) is 0.280. The Balaban J connectivity index is 1.69. The SMILES string of the molecule is Cc1nn(C)c(C)c1CC(C)NC(=O)c1cc(-c2cccnc2)nc2c(C)cccc12. The van der Waals surface area contributed by atoms with Crippen molar-refractivity contribution in [1.29, 1.82) is 0 Å². The number of aryl methyl sites for hydroxylation is 3. The molecule has 4 aromatic rings. The number of rotatable bonds is 5. The Labute approximate surface area is 182 Å². The Morgan fingerprint density at radius 3 is 2.65 bits per heavy atom. The van der Waals surface area contributed by atoms with Gasteiger partial charge in [-0.25, -0.2) is 4.98 Å². The number of para-hydroxylation sites is 1. The Kier molecular flexibility index (Phi) is 5.55. The van der Waals surface area contributed by atoms with E-state index in [1.54, 1.807) is 12.4 Å². The highest BCUT2D eigenvalue weighted by molar-refractivity contribution is 6.07. The number of carbonyl (C=O) groups excluding carboxylic acids is 1. The monoisotopic (exact) mass is 413 g/mol. The minimum Gasteiger partial charge on any atom is -0.349 e. The molecule has 4 rings (SSSR count). The maximum absolute atomic E-state index is 13.4. The van der Waals surface area contributed by atoms with Gasteiger partial charge in [-0.1, -0.05) is 18.2 Å². The molecule has 0 spiro atoms. The van der Waals surface area contributed by atoms with Crippen LogP contribution in [0.1, 0.15) is 39.8 Å². The molecule has 0 saturated carbocycles. The normalized spacial score (nSPS) is 12.2. The standard InChI is InChI=1S/C25H27N5O/c1-15-8-6-10-20-22(13-23(28-24(15)20)19-9-7-11-26-14-19)25(31)27-16(2)12-21-17(3)29-30(5)18(21)4/h6-11,13-14,16H,12H2,1-5H3,(H,27,31). The molecule has 0 bridgehead atoms. The van der Waals surface area contributed by atoms with E-state index in [0.717, 1.165) is 45.5 Å². The highest BCUT2D eigenvalue weighted by Gasteiger charge is 2.19. The first-order valence-corrected chi connectivity index (χ1v) is 10.5. The highest BCUT2D eigenvalue weighted by atomic mass is 16.1. The van der Waals surface area contributed by atoms with Crippen LogP contribution >= 0.6 is 0 Å². The van der Waals surface area contributed by atoms with Gasteiger partial charge in [-0.05, 0) is 63.4 Å². The van der Waals surface area contributed by atoms with E-state index in [1.807, 2.05) is 68.9 Å². The highest BCUT2D eigenvalue weighted by Crippen LogP contribution is 2.26. The first-order chi connectivity index (χ1) is 14.8. The summed E-state index contributed by atoms with van der Waals surface area (Å²) in [5, 5.41) is 8.52. The number of aromatic nitrogens is 4. The molecule has 3 heterocycles. The number of pyridine rings is 2. The molecule has 1 N–H and O–H groups in total. The third-order valence-electron chi connectivity index (χ3n) is 5.79. The number of carbonyl (C=O) groups is 1. The predicted octanol–water partition coefficient (Wildman–Crippen LogP) is 4.32. The zero-order valence-electron chi connectivity index (χ0n) is 18.6. The molecule has 1 aromatic carbocycles. The molecule has 1 amide bonds. The van der Waals surface area contributed by atoms with Crippen LogP contribution < -0.4 is 5.32 Å². The van der Waals surface area contributed by atoms with Crippen molar-refractivity contribution in [3.05, 3.63) is 76.9 Å². The molecule has 0 aliphatic heterocycles. The van der Waals surface area contributed by atoms with Crippen LogP contribution in [0.4, 0.5) is 0 Å². The predicted molar refractivity (Wildman–Crippen MR) is 123 cm³/mol. The van der Waals surface area contributed by atoms with Gasteiger partial charge in [-0.2, -0.15) is 5.10 Å². The first kappa shape index (κ1) is 20.7. The largest absolute Gasteiger partial charge is 0.349 e. The second-order valence-corrected chi connectivity index (χ2v) is 8.12. The number of fused-ring (bicyclic) bond motifs is 1. The molecule has 0 aliphatic carbocycles. The Morgan fingerprint density at radius 2 is 1.97 bits per heavy atom. The smallest absolute Gasteiger partial charge is 0.252 e. The molecule has 0 saturated heterocycles. The van der Waals surface area contributed by atoms with Crippen LogP contribution in [0, 0.1) is 20.8 Å². The Morgan fingerprint density at radius 1 is 1.16 bits per heavy atom. The van der Waals surface area contributed by atoms with Gasteiger partial charge in [-0.3, -0.25) is 14.5 Å². The van der Waals surface area contributed by atoms with E-state index in [0.29, 0.717) is 5.56 Å². The third-order valence-corrected chi connectivity index (χ3v) is 5.79. The van der Waals surface area contributed by atoms with Gasteiger partial charge in [0.05, 0.1) is 22.5 Å². The van der Waals surface area contributed by atoms with Crippen molar-refractivity contribution in [2.24, 2.45) is 7.05 Å². The number of hydrogen-bond acceptors (Lipinski definition) is 4. The van der Waals surface area contributed by atoms with Crippen LogP contribution in [0.2, 0.25) is 0 Å². The van der Waals surface area contributed by atoms with Gasteiger partial charge in [-0.15, -0.1) is 0 Å². The van der Waals surface area contributed by atoms with Gasteiger partial charge in [0.2, 0.25) is 0 Å². The lowest BCUT2D eigenvalue weighted by molar-refractivity contribution is 0.0941. The molecule has 1 unspecified atom stereocenters. The van der Waals surface area contributed by atoms with E-state index in [9.17, 15) is 4.79 Å². The van der Waals surface area contributed by atoms with Gasteiger partial charge in [0, 0.05) is 42.1 Å². The van der Waals surface area contributed by atoms with Crippen molar-refractivity contribution in [3.63, 3.8) is 0 Å². The van der Waals surface area contributed by atoms with E-state index in [2.05, 4.69) is 22.3 Å². The van der Waals surface area contributed by atoms with Crippen molar-refractivity contribution >= 4 is 16.8 Å². The summed E-state index contributed by atoms with van der Waals surface area (Å²) in [6.07, 6.45) is 4.23. The van der Waals surface area contributed by atoms with Crippen molar-refractivity contribution in [2.45, 2.75) is 40.2 Å². The summed E-state index contributed by atoms with van der Waals surface area (Å²) in [6.45, 7) is 8.11. The fourth-order valence-corrected chi connectivity index (χ4v) is 4.01. The topological polar surface area (TPSA) is 72.7 Å². The molecule has 6 nitrogen and oxygen atoms in total. The number of nitrogens with zero attached hydrogens (tertiary/aromatic N) is 4. The Hall–Kier alpha value is -3.54. The minimum atomic E-state index is -0.102. The molecule has 0 radical (unpaired) electrons. The minimum absolute atomic E-state index is 0.0380. The number of amides is 1. The van der Waals surface area contributed by atoms with E-state index < -0.39 is 0 Å². The quantitative estimate of drug-likeness (QED) is 0.529. The maximum atomic E-state index is 13.4. The lowest BCUT2D eigenvalue weighted by Crippen LogP contribution is -2.34. The summed E-state index contributed by atoms with van der Waals surface area (Å²) in [5.74, 6) is -0.102. The molecule has 0 fully saturated rings. The van der Waals surface area contributed by atoms with Crippen LogP contribution in [0.5, 0.6) is 0 Å². The molecule has 158 valence electrons. The van der Waals surface area contributed by atoms with E-state index in [1.165, 1.54) is 5.56 Å². The third kappa shape index (κ3) is 4.06. The molecular weight excluding hydrogens is 386 g/mol. The van der Waals surface area contributed by atoms with E-state index >= 15 is 0 Å². The summed E-state index contributed by atoms with van der Waals surface area (Å²) < 4.78 is 1.89. The average molecular weight is 414 g/mol. The summed E-state index contributed by atoms with van der Waals surface area (Å²) >= 11 is 0. The van der Waals surface area contributed by atoms with Crippen LogP contribution in [0.15, 0.2) is 48.8 Å². The van der Waals surface area contributed by atoms with Gasteiger partial charge in [0.15, 0.2) is 0 Å². The fourth-order valence-electron chi connectivity index (χ4n) is 4.01. The van der Waals surface area contributed by atoms with Crippen molar-refractivity contribution in [1.82, 2.24) is 25.1 Å². The van der Waals surface area contributed by atoms with E-state index in [-0.39, 0.29) is 11.9 Å². The molecule has 3 aromatic heterocycles. The first-order valence-electron chi connectivity index (χ1n) is 10.5. The zero-order valence-corrected chi connectivity index (χ0v) is 18.6. The number of benzene rings is 1. The molecule has 6 heteroatoms. The second kappa shape index (κ2) is 8.30. The van der Waals surface area contributed by atoms with Crippen LogP contribution in [-0.2, 0) is 13.5 Å². The summed E-state index contributed by atoms with van der Waals surface area (Å²) in [6, 6.07) is 11.6.